The molecule has 0 saturated heterocycles. The van der Waals surface area contributed by atoms with Gasteiger partial charge in [-0.25, -0.2) is 0 Å². The maximum Gasteiger partial charge on any atom is 3.00 e. The SMILES string of the molecule is O=[Si]([O-])OC(O)CO.O=[Si]([O-])OC(O)CO.O=[Si]([O-])OC(O)CO.[Al+3]. The van der Waals surface area contributed by atoms with Crippen LogP contribution in [0.5, 0.6) is 0 Å². The Kier molecular flexibility index (Phi) is 27.0. The molecule has 0 rings (SSSR count). The molecule has 0 aromatic heterocycles. The molecule has 0 aromatic carbocycles. The van der Waals surface area contributed by atoms with Gasteiger partial charge in [0.05, 0.1) is 19.8 Å². The fourth-order valence-corrected chi connectivity index (χ4v) is 1.34. The molecule has 0 spiro atoms. The van der Waals surface area contributed by atoms with E-state index in [-0.39, 0.29) is 17.4 Å². The average molecular weight is 438 g/mol. The summed E-state index contributed by atoms with van der Waals surface area (Å²) in [4.78, 5) is 28.6. The summed E-state index contributed by atoms with van der Waals surface area (Å²) in [5, 5.41) is 48.4. The minimum absolute atomic E-state index is 0. The van der Waals surface area contributed by atoms with Crippen molar-refractivity contribution in [3.05, 3.63) is 0 Å². The van der Waals surface area contributed by atoms with Gasteiger partial charge in [-0.1, -0.05) is 0 Å². The van der Waals surface area contributed by atoms with Gasteiger partial charge in [-0.05, 0) is 0 Å². The molecule has 25 heavy (non-hydrogen) atoms. The molecule has 6 N–H and O–H groups in total. The quantitative estimate of drug-likeness (QED) is 0.144. The van der Waals surface area contributed by atoms with Gasteiger partial charge in [-0.15, -0.1) is 0 Å². The van der Waals surface area contributed by atoms with Crippen molar-refractivity contribution in [1.82, 2.24) is 0 Å². The van der Waals surface area contributed by atoms with Crippen LogP contribution in [0.4, 0.5) is 0 Å². The Balaban J connectivity index is -0.000000130. The van der Waals surface area contributed by atoms with E-state index in [4.69, 9.17) is 30.6 Å². The molecule has 19 heteroatoms. The van der Waals surface area contributed by atoms with E-state index >= 15 is 0 Å². The van der Waals surface area contributed by atoms with Crippen LogP contribution in [0.2, 0.25) is 0 Å². The first-order valence-corrected chi connectivity index (χ1v) is 9.17. The van der Waals surface area contributed by atoms with Crippen LogP contribution in [-0.4, -0.2) is 114 Å². The van der Waals surface area contributed by atoms with Gasteiger partial charge in [0.2, 0.25) is 0 Å². The molecule has 0 bridgehead atoms. The van der Waals surface area contributed by atoms with Gasteiger partial charge >= 0.3 is 44.9 Å². The molecule has 0 radical (unpaired) electrons. The number of aliphatic hydroxyl groups is 6. The van der Waals surface area contributed by atoms with E-state index < -0.39 is 66.2 Å². The largest absolute Gasteiger partial charge is 3.00 e. The second-order valence-electron chi connectivity index (χ2n) is 3.02. The second kappa shape index (κ2) is 21.2. The summed E-state index contributed by atoms with van der Waals surface area (Å²) in [5.41, 5.74) is 0. The molecule has 0 aromatic rings. The van der Waals surface area contributed by atoms with Crippen molar-refractivity contribution in [2.24, 2.45) is 0 Å². The van der Waals surface area contributed by atoms with Gasteiger partial charge in [-0.2, -0.15) is 0 Å². The van der Waals surface area contributed by atoms with E-state index in [1.807, 2.05) is 0 Å². The average Bonchev–Trinajstić information content (AvgIpc) is 2.46. The fraction of sp³-hybridized carbons (Fsp3) is 1.00. The van der Waals surface area contributed by atoms with Gasteiger partial charge in [0.15, 0.2) is 18.9 Å². The first kappa shape index (κ1) is 31.9. The van der Waals surface area contributed by atoms with E-state index in [0.29, 0.717) is 0 Å². The van der Waals surface area contributed by atoms with Crippen LogP contribution in [-0.2, 0) is 26.7 Å². The monoisotopic (exact) mass is 438 g/mol. The Bertz CT molecular complexity index is 306. The Morgan fingerprint density at radius 2 is 0.800 bits per heavy atom. The zero-order valence-electron chi connectivity index (χ0n) is 12.3. The van der Waals surface area contributed by atoms with Crippen molar-refractivity contribution in [2.75, 3.05) is 19.8 Å². The van der Waals surface area contributed by atoms with Crippen LogP contribution < -0.4 is 14.4 Å². The van der Waals surface area contributed by atoms with Crippen LogP contribution in [0.1, 0.15) is 0 Å². The molecule has 0 aliphatic rings. The van der Waals surface area contributed by atoms with Crippen molar-refractivity contribution < 1.29 is 71.7 Å². The third-order valence-electron chi connectivity index (χ3n) is 1.17. The molecular formula is C6H15AlO15Si3. The van der Waals surface area contributed by atoms with Crippen molar-refractivity contribution in [3.8, 4) is 0 Å². The third-order valence-corrected chi connectivity index (χ3v) is 2.56. The summed E-state index contributed by atoms with van der Waals surface area (Å²) < 4.78 is 39.7. The minimum Gasteiger partial charge on any atom is -0.561 e. The first-order valence-electron chi connectivity index (χ1n) is 5.49. The Labute approximate surface area is 155 Å². The molecule has 0 amide bonds. The fourth-order valence-electron chi connectivity index (χ4n) is 0.445. The predicted molar refractivity (Wildman–Crippen MR) is 67.6 cm³/mol. The zero-order valence-corrected chi connectivity index (χ0v) is 16.4. The first-order chi connectivity index (χ1) is 11.0. The number of aliphatic hydroxyl groups excluding tert-OH is 6. The summed E-state index contributed by atoms with van der Waals surface area (Å²) in [6, 6.07) is 0. The molecule has 0 heterocycles. The van der Waals surface area contributed by atoms with Crippen molar-refractivity contribution >= 4 is 44.9 Å². The summed E-state index contributed by atoms with van der Waals surface area (Å²) in [7, 11) is -10.1. The minimum atomic E-state index is -3.36. The number of hydrogen-bond acceptors (Lipinski definition) is 15. The van der Waals surface area contributed by atoms with Crippen molar-refractivity contribution in [2.45, 2.75) is 18.9 Å². The molecule has 15 nitrogen and oxygen atoms in total. The third kappa shape index (κ3) is 35.2. The van der Waals surface area contributed by atoms with Gasteiger partial charge < -0.3 is 71.7 Å². The molecule has 144 valence electrons. The maximum atomic E-state index is 9.55. The Morgan fingerprint density at radius 1 is 0.640 bits per heavy atom. The van der Waals surface area contributed by atoms with Crippen LogP contribution in [0.3, 0.4) is 0 Å². The summed E-state index contributed by atoms with van der Waals surface area (Å²) in [5.74, 6) is 0. The van der Waals surface area contributed by atoms with Gasteiger partial charge in [0.25, 0.3) is 0 Å². The van der Waals surface area contributed by atoms with Crippen molar-refractivity contribution in [1.29, 1.82) is 0 Å². The van der Waals surface area contributed by atoms with Crippen LogP contribution in [0, 0.1) is 0 Å². The van der Waals surface area contributed by atoms with E-state index in [1.54, 1.807) is 0 Å². The summed E-state index contributed by atoms with van der Waals surface area (Å²) in [6.45, 7) is -2.13. The molecule has 0 saturated carbocycles. The molecule has 0 fully saturated rings. The van der Waals surface area contributed by atoms with Gasteiger partial charge in [0, 0.05) is 0 Å². The van der Waals surface area contributed by atoms with Gasteiger partial charge in [-0.3, -0.25) is 0 Å². The number of rotatable bonds is 9. The summed E-state index contributed by atoms with van der Waals surface area (Å²) >= 11 is 0. The topological polar surface area (TPSA) is 269 Å². The maximum absolute atomic E-state index is 9.55. The molecular weight excluding hydrogens is 423 g/mol. The van der Waals surface area contributed by atoms with Crippen LogP contribution in [0.25, 0.3) is 0 Å². The van der Waals surface area contributed by atoms with E-state index in [0.717, 1.165) is 0 Å². The predicted octanol–water partition coefficient (Wildman–Crippen LogP) is -9.11. The normalized spacial score (nSPS) is 12.2. The summed E-state index contributed by atoms with van der Waals surface area (Å²) in [6.07, 6.45) is -4.79. The Hall–Kier alpha value is -0.857. The smallest absolute Gasteiger partial charge is 0.561 e. The molecule has 0 aliphatic heterocycles. The molecule has 3 atom stereocenters. The van der Waals surface area contributed by atoms with Crippen LogP contribution in [0.15, 0.2) is 0 Å². The van der Waals surface area contributed by atoms with E-state index in [2.05, 4.69) is 13.3 Å². The Morgan fingerprint density at radius 3 is 0.840 bits per heavy atom. The van der Waals surface area contributed by atoms with E-state index in [9.17, 15) is 27.8 Å². The standard InChI is InChI=1S/3C2H5O5Si.Al/c3*3-1-2(4)7-8(5)6;/h3*2-4H,1H2;/q3*-1;+3. The van der Waals surface area contributed by atoms with Crippen LogP contribution >= 0.6 is 0 Å². The molecule has 0 aliphatic carbocycles. The second-order valence-corrected chi connectivity index (χ2v) is 5.22. The zero-order chi connectivity index (χ0) is 19.7. The number of hydrogen-bond donors (Lipinski definition) is 6. The van der Waals surface area contributed by atoms with Gasteiger partial charge in [0.1, 0.15) is 0 Å². The molecule has 3 unspecified atom stereocenters. The van der Waals surface area contributed by atoms with E-state index in [1.165, 1.54) is 0 Å². The van der Waals surface area contributed by atoms with Crippen molar-refractivity contribution in [3.63, 3.8) is 0 Å².